The van der Waals surface area contributed by atoms with Crippen LogP contribution in [0.5, 0.6) is 0 Å². The molecule has 102 valence electrons. The molecule has 20 heavy (non-hydrogen) atoms. The van der Waals surface area contributed by atoms with Crippen LogP contribution in [-0.2, 0) is 10.1 Å². The van der Waals surface area contributed by atoms with Crippen LogP contribution in [-0.4, -0.2) is 26.1 Å². The molecule has 0 atom stereocenters. The van der Waals surface area contributed by atoms with Crippen LogP contribution in [0.2, 0.25) is 0 Å². The molecule has 0 saturated heterocycles. The third-order valence-electron chi connectivity index (χ3n) is 3.23. The minimum atomic E-state index is -4.45. The first-order valence-electron chi connectivity index (χ1n) is 6.21. The molecule has 0 heterocycles. The van der Waals surface area contributed by atoms with Gasteiger partial charge in [0.05, 0.1) is 4.90 Å². The maximum absolute atomic E-state index is 11.3. The van der Waals surface area contributed by atoms with Crippen molar-refractivity contribution in [1.82, 2.24) is 0 Å². The van der Waals surface area contributed by atoms with Crippen molar-refractivity contribution < 1.29 is 31.8 Å². The summed E-state index contributed by atoms with van der Waals surface area (Å²) in [7, 11) is -4.45. The van der Waals surface area contributed by atoms with Gasteiger partial charge in [0.1, 0.15) is 10.1 Å². The zero-order valence-corrected chi connectivity index (χ0v) is 12.8. The largest absolute Gasteiger partial charge is 1.00 e. The summed E-state index contributed by atoms with van der Waals surface area (Å²) in [5.74, 6) is 0. The van der Waals surface area contributed by atoms with E-state index in [2.05, 4.69) is 4.90 Å². The molecule has 0 aromatic heterocycles. The quantitative estimate of drug-likeness (QED) is 0.566. The number of anilines is 1. The fraction of sp³-hybridized carbons (Fsp3) is 0.286. The van der Waals surface area contributed by atoms with E-state index in [4.69, 9.17) is 0 Å². The smallest absolute Gasteiger partial charge is 0.744 e. The second-order valence-corrected chi connectivity index (χ2v) is 5.60. The first kappa shape index (κ1) is 17.1. The first-order valence-corrected chi connectivity index (χ1v) is 7.62. The van der Waals surface area contributed by atoms with E-state index in [1.54, 1.807) is 18.2 Å². The molecular weight excluding hydrogens is 269 g/mol. The van der Waals surface area contributed by atoms with Gasteiger partial charge in [-0.1, -0.05) is 24.3 Å². The standard InChI is InChI=1S/C14H17NO3S.Li/c1-3-15(4-2)13-9-10-14(19(16,17)18)12-8-6-5-7-11(12)13;/h5-10H,3-4H2,1-2H3,(H,16,17,18);/q;+1/p-1. The van der Waals surface area contributed by atoms with Crippen LogP contribution in [0.25, 0.3) is 10.8 Å². The van der Waals surface area contributed by atoms with Crippen LogP contribution in [0.3, 0.4) is 0 Å². The van der Waals surface area contributed by atoms with Crippen molar-refractivity contribution >= 4 is 26.6 Å². The van der Waals surface area contributed by atoms with Crippen LogP contribution in [0, 0.1) is 0 Å². The Morgan fingerprint density at radius 1 is 1.00 bits per heavy atom. The average molecular weight is 285 g/mol. The maximum atomic E-state index is 11.3. The Kier molecular flexibility index (Phi) is 5.66. The fourth-order valence-corrected chi connectivity index (χ4v) is 3.00. The van der Waals surface area contributed by atoms with Gasteiger partial charge >= 0.3 is 18.9 Å². The molecule has 0 fully saturated rings. The summed E-state index contributed by atoms with van der Waals surface area (Å²) in [6.07, 6.45) is 0. The summed E-state index contributed by atoms with van der Waals surface area (Å²) in [5, 5.41) is 1.28. The molecule has 0 aliphatic rings. The molecule has 0 radical (unpaired) electrons. The van der Waals surface area contributed by atoms with E-state index in [1.165, 1.54) is 6.07 Å². The van der Waals surface area contributed by atoms with Gasteiger partial charge in [-0.25, -0.2) is 8.42 Å². The van der Waals surface area contributed by atoms with Crippen LogP contribution in [0.15, 0.2) is 41.3 Å². The van der Waals surface area contributed by atoms with E-state index < -0.39 is 10.1 Å². The van der Waals surface area contributed by atoms with E-state index >= 15 is 0 Å². The monoisotopic (exact) mass is 285 g/mol. The molecule has 2 aromatic rings. The molecule has 2 rings (SSSR count). The van der Waals surface area contributed by atoms with Crippen molar-refractivity contribution in [2.75, 3.05) is 18.0 Å². The minimum absolute atomic E-state index is 0. The van der Waals surface area contributed by atoms with E-state index in [1.807, 2.05) is 26.0 Å². The first-order chi connectivity index (χ1) is 8.99. The van der Waals surface area contributed by atoms with E-state index in [0.29, 0.717) is 5.39 Å². The summed E-state index contributed by atoms with van der Waals surface area (Å²) in [4.78, 5) is 1.97. The molecule has 0 aliphatic heterocycles. The molecular formula is C14H16LiNO3S. The van der Waals surface area contributed by atoms with Crippen molar-refractivity contribution in [1.29, 1.82) is 0 Å². The Labute approximate surface area is 131 Å². The predicted molar refractivity (Wildman–Crippen MR) is 75.5 cm³/mol. The average Bonchev–Trinajstić information content (AvgIpc) is 2.39. The van der Waals surface area contributed by atoms with Gasteiger partial charge in [-0.2, -0.15) is 0 Å². The number of fused-ring (bicyclic) bond motifs is 1. The maximum Gasteiger partial charge on any atom is 1.00 e. The van der Waals surface area contributed by atoms with Crippen molar-refractivity contribution in [3.63, 3.8) is 0 Å². The van der Waals surface area contributed by atoms with Gasteiger partial charge in [0, 0.05) is 29.5 Å². The summed E-state index contributed by atoms with van der Waals surface area (Å²) < 4.78 is 33.9. The predicted octanol–water partition coefficient (Wildman–Crippen LogP) is -0.406. The topological polar surface area (TPSA) is 60.4 Å². The van der Waals surface area contributed by atoms with Gasteiger partial charge < -0.3 is 9.45 Å². The molecule has 0 unspecified atom stereocenters. The van der Waals surface area contributed by atoms with Crippen LogP contribution < -0.4 is 23.8 Å². The fourth-order valence-electron chi connectivity index (χ4n) is 2.31. The van der Waals surface area contributed by atoms with Crippen molar-refractivity contribution in [2.45, 2.75) is 18.7 Å². The van der Waals surface area contributed by atoms with Gasteiger partial charge in [0.15, 0.2) is 0 Å². The normalized spacial score (nSPS) is 11.2. The number of benzene rings is 2. The number of nitrogens with zero attached hydrogens (tertiary/aromatic N) is 1. The minimum Gasteiger partial charge on any atom is -0.744 e. The molecule has 0 N–H and O–H groups in total. The second-order valence-electron chi connectivity index (χ2n) is 4.25. The van der Waals surface area contributed by atoms with Crippen LogP contribution in [0.4, 0.5) is 5.69 Å². The molecule has 0 amide bonds. The molecule has 4 nitrogen and oxygen atoms in total. The zero-order valence-electron chi connectivity index (χ0n) is 12.0. The number of hydrogen-bond acceptors (Lipinski definition) is 4. The Bertz CT molecular complexity index is 697. The second kappa shape index (κ2) is 6.64. The van der Waals surface area contributed by atoms with E-state index in [0.717, 1.165) is 24.2 Å². The summed E-state index contributed by atoms with van der Waals surface area (Å²) in [6.45, 7) is 5.72. The molecule has 6 heteroatoms. The van der Waals surface area contributed by atoms with Gasteiger partial charge in [-0.15, -0.1) is 0 Å². The number of hydrogen-bond donors (Lipinski definition) is 0. The van der Waals surface area contributed by atoms with Crippen LogP contribution in [0.1, 0.15) is 13.8 Å². The zero-order chi connectivity index (χ0) is 14.0. The van der Waals surface area contributed by atoms with Crippen molar-refractivity contribution in [2.24, 2.45) is 0 Å². The summed E-state index contributed by atoms with van der Waals surface area (Å²) in [6, 6.07) is 10.2. The Morgan fingerprint density at radius 3 is 2.05 bits per heavy atom. The third kappa shape index (κ3) is 3.18. The van der Waals surface area contributed by atoms with Gasteiger partial charge in [0.25, 0.3) is 0 Å². The van der Waals surface area contributed by atoms with Gasteiger partial charge in [-0.05, 0) is 26.0 Å². The molecule has 0 spiro atoms. The molecule has 0 bridgehead atoms. The number of rotatable bonds is 4. The molecule has 0 aliphatic carbocycles. The Balaban J connectivity index is 0.00000200. The van der Waals surface area contributed by atoms with E-state index in [9.17, 15) is 13.0 Å². The summed E-state index contributed by atoms with van der Waals surface area (Å²) in [5.41, 5.74) is 0.952. The SMILES string of the molecule is CCN(CC)c1ccc(S(=O)(=O)[O-])c2ccccc12.[Li+]. The van der Waals surface area contributed by atoms with Gasteiger partial charge in [0.2, 0.25) is 0 Å². The molecule has 2 aromatic carbocycles. The summed E-state index contributed by atoms with van der Waals surface area (Å²) >= 11 is 0. The van der Waals surface area contributed by atoms with Crippen LogP contribution >= 0.6 is 0 Å². The third-order valence-corrected chi connectivity index (χ3v) is 4.13. The van der Waals surface area contributed by atoms with E-state index in [-0.39, 0.29) is 23.8 Å². The van der Waals surface area contributed by atoms with Gasteiger partial charge in [-0.3, -0.25) is 0 Å². The Morgan fingerprint density at radius 2 is 1.55 bits per heavy atom. The molecule has 0 saturated carbocycles. The Hall–Kier alpha value is -0.993. The van der Waals surface area contributed by atoms with Crippen molar-refractivity contribution in [3.8, 4) is 0 Å². The van der Waals surface area contributed by atoms with Crippen molar-refractivity contribution in [3.05, 3.63) is 36.4 Å².